The molecule has 0 bridgehead atoms. The molecule has 1 atom stereocenters. The highest BCUT2D eigenvalue weighted by Gasteiger charge is 2.26. The monoisotopic (exact) mass is 215 g/mol. The summed E-state index contributed by atoms with van der Waals surface area (Å²) in [6.45, 7) is 6.90. The summed E-state index contributed by atoms with van der Waals surface area (Å²) in [5.74, 6) is 0.327. The maximum absolute atomic E-state index is 11.5. The van der Waals surface area contributed by atoms with E-state index in [1.165, 1.54) is 0 Å². The van der Waals surface area contributed by atoms with Gasteiger partial charge in [-0.3, -0.25) is 0 Å². The molecule has 88 valence electrons. The molecule has 0 saturated carbocycles. The fourth-order valence-electron chi connectivity index (χ4n) is 1.84. The molecule has 1 aliphatic rings. The number of ether oxygens (including phenoxy) is 1. The Kier molecular flexibility index (Phi) is 4.39. The number of piperidine rings is 1. The first-order chi connectivity index (χ1) is 7.00. The third-order valence-electron chi connectivity index (χ3n) is 2.82. The molecule has 1 aliphatic heterocycles. The summed E-state index contributed by atoms with van der Waals surface area (Å²) in [5, 5.41) is 9.41. The van der Waals surface area contributed by atoms with Gasteiger partial charge in [0.2, 0.25) is 0 Å². The Balaban J connectivity index is 2.34. The summed E-state index contributed by atoms with van der Waals surface area (Å²) in [6, 6.07) is 0. The predicted molar refractivity (Wildman–Crippen MR) is 57.6 cm³/mol. The second-order valence-electron chi connectivity index (χ2n) is 4.50. The van der Waals surface area contributed by atoms with Gasteiger partial charge in [0.05, 0.1) is 12.2 Å². The van der Waals surface area contributed by atoms with Gasteiger partial charge in [-0.15, -0.1) is 0 Å². The first-order valence-corrected chi connectivity index (χ1v) is 5.64. The normalized spacial score (nSPS) is 20.5. The van der Waals surface area contributed by atoms with Crippen molar-refractivity contribution in [2.75, 3.05) is 13.1 Å². The van der Waals surface area contributed by atoms with Crippen molar-refractivity contribution in [3.8, 4) is 0 Å². The van der Waals surface area contributed by atoms with Crippen LogP contribution >= 0.6 is 0 Å². The summed E-state index contributed by atoms with van der Waals surface area (Å²) in [5.41, 5.74) is 0. The van der Waals surface area contributed by atoms with E-state index in [0.717, 1.165) is 12.8 Å². The lowest BCUT2D eigenvalue weighted by molar-refractivity contribution is 0.0436. The van der Waals surface area contributed by atoms with E-state index in [1.807, 2.05) is 20.8 Å². The van der Waals surface area contributed by atoms with Crippen molar-refractivity contribution in [1.82, 2.24) is 4.90 Å². The molecule has 4 heteroatoms. The predicted octanol–water partition coefficient (Wildman–Crippen LogP) is 1.62. The molecule has 0 radical (unpaired) electrons. The van der Waals surface area contributed by atoms with Crippen LogP contribution in [0.25, 0.3) is 0 Å². The summed E-state index contributed by atoms with van der Waals surface area (Å²) in [6.07, 6.45) is 1.17. The first kappa shape index (κ1) is 12.3. The van der Waals surface area contributed by atoms with E-state index in [4.69, 9.17) is 4.74 Å². The van der Waals surface area contributed by atoms with Crippen molar-refractivity contribution >= 4 is 6.09 Å². The van der Waals surface area contributed by atoms with Crippen molar-refractivity contribution in [2.24, 2.45) is 5.92 Å². The molecule has 4 nitrogen and oxygen atoms in total. The van der Waals surface area contributed by atoms with Gasteiger partial charge in [0.15, 0.2) is 0 Å². The minimum absolute atomic E-state index is 0.0630. The smallest absolute Gasteiger partial charge is 0.410 e. The van der Waals surface area contributed by atoms with Crippen LogP contribution in [-0.2, 0) is 4.74 Å². The molecule has 1 amide bonds. The largest absolute Gasteiger partial charge is 0.447 e. The molecule has 0 aromatic rings. The van der Waals surface area contributed by atoms with Crippen molar-refractivity contribution in [3.05, 3.63) is 0 Å². The Labute approximate surface area is 91.2 Å². The standard InChI is InChI=1S/C11H21NO3/c1-8(2)15-11(14)12-6-4-10(5-7-12)9(3)13/h8-10,13H,4-7H2,1-3H3/t9-/m0/s1. The number of rotatable bonds is 2. The van der Waals surface area contributed by atoms with Crippen LogP contribution in [0.2, 0.25) is 0 Å². The molecule has 0 aliphatic carbocycles. The van der Waals surface area contributed by atoms with Crippen molar-refractivity contribution in [2.45, 2.75) is 45.8 Å². The van der Waals surface area contributed by atoms with Gasteiger partial charge in [-0.1, -0.05) is 0 Å². The molecule has 0 aromatic heterocycles. The Morgan fingerprint density at radius 3 is 2.27 bits per heavy atom. The van der Waals surface area contributed by atoms with Gasteiger partial charge in [-0.25, -0.2) is 4.79 Å². The topological polar surface area (TPSA) is 49.8 Å². The number of hydrogen-bond donors (Lipinski definition) is 1. The third-order valence-corrected chi connectivity index (χ3v) is 2.82. The van der Waals surface area contributed by atoms with Crippen LogP contribution in [0.15, 0.2) is 0 Å². The number of amides is 1. The SMILES string of the molecule is CC(C)OC(=O)N1CCC([C@H](C)O)CC1. The van der Waals surface area contributed by atoms with Crippen molar-refractivity contribution in [3.63, 3.8) is 0 Å². The minimum atomic E-state index is -0.270. The second-order valence-corrected chi connectivity index (χ2v) is 4.50. The van der Waals surface area contributed by atoms with E-state index in [1.54, 1.807) is 4.90 Å². The molecular formula is C11H21NO3. The number of aliphatic hydroxyl groups excluding tert-OH is 1. The summed E-state index contributed by atoms with van der Waals surface area (Å²) in [4.78, 5) is 13.2. The average molecular weight is 215 g/mol. The van der Waals surface area contributed by atoms with Gasteiger partial charge in [0.1, 0.15) is 0 Å². The van der Waals surface area contributed by atoms with Crippen LogP contribution in [0.3, 0.4) is 0 Å². The Hall–Kier alpha value is -0.770. The van der Waals surface area contributed by atoms with Gasteiger partial charge in [0.25, 0.3) is 0 Å². The lowest BCUT2D eigenvalue weighted by atomic mass is 9.92. The molecule has 15 heavy (non-hydrogen) atoms. The highest BCUT2D eigenvalue weighted by molar-refractivity contribution is 5.67. The lowest BCUT2D eigenvalue weighted by Crippen LogP contribution is -2.41. The van der Waals surface area contributed by atoms with Gasteiger partial charge in [-0.05, 0) is 39.5 Å². The fraction of sp³-hybridized carbons (Fsp3) is 0.909. The average Bonchev–Trinajstić information content (AvgIpc) is 2.17. The van der Waals surface area contributed by atoms with Crippen LogP contribution in [0.4, 0.5) is 4.79 Å². The van der Waals surface area contributed by atoms with Crippen LogP contribution in [0.1, 0.15) is 33.6 Å². The number of likely N-dealkylation sites (tertiary alicyclic amines) is 1. The van der Waals surface area contributed by atoms with Crippen LogP contribution in [-0.4, -0.2) is 41.4 Å². The number of carbonyl (C=O) groups excluding carboxylic acids is 1. The molecule has 1 N–H and O–H groups in total. The third kappa shape index (κ3) is 3.70. The van der Waals surface area contributed by atoms with Gasteiger partial charge in [0, 0.05) is 13.1 Å². The van der Waals surface area contributed by atoms with Gasteiger partial charge < -0.3 is 14.7 Å². The van der Waals surface area contributed by atoms with Crippen LogP contribution < -0.4 is 0 Å². The van der Waals surface area contributed by atoms with Crippen LogP contribution in [0, 0.1) is 5.92 Å². The fourth-order valence-corrected chi connectivity index (χ4v) is 1.84. The molecule has 0 spiro atoms. The lowest BCUT2D eigenvalue weighted by Gasteiger charge is -2.32. The highest BCUT2D eigenvalue weighted by Crippen LogP contribution is 2.21. The van der Waals surface area contributed by atoms with E-state index < -0.39 is 0 Å². The van der Waals surface area contributed by atoms with Crippen molar-refractivity contribution in [1.29, 1.82) is 0 Å². The molecule has 1 fully saturated rings. The quantitative estimate of drug-likeness (QED) is 0.761. The molecular weight excluding hydrogens is 194 g/mol. The molecule has 1 saturated heterocycles. The molecule has 1 rings (SSSR count). The van der Waals surface area contributed by atoms with Gasteiger partial charge >= 0.3 is 6.09 Å². The summed E-state index contributed by atoms with van der Waals surface area (Å²) in [7, 11) is 0. The van der Waals surface area contributed by atoms with E-state index in [9.17, 15) is 9.90 Å². The number of carbonyl (C=O) groups is 1. The zero-order valence-electron chi connectivity index (χ0n) is 9.77. The van der Waals surface area contributed by atoms with E-state index in [-0.39, 0.29) is 18.3 Å². The van der Waals surface area contributed by atoms with E-state index >= 15 is 0 Å². The second kappa shape index (κ2) is 5.35. The minimum Gasteiger partial charge on any atom is -0.447 e. The Morgan fingerprint density at radius 2 is 1.87 bits per heavy atom. The number of nitrogens with zero attached hydrogens (tertiary/aromatic N) is 1. The summed E-state index contributed by atoms with van der Waals surface area (Å²) >= 11 is 0. The highest BCUT2D eigenvalue weighted by atomic mass is 16.6. The zero-order valence-corrected chi connectivity index (χ0v) is 9.77. The van der Waals surface area contributed by atoms with Crippen molar-refractivity contribution < 1.29 is 14.6 Å². The van der Waals surface area contributed by atoms with E-state index in [2.05, 4.69) is 0 Å². The number of aliphatic hydroxyl groups is 1. The summed E-state index contributed by atoms with van der Waals surface area (Å²) < 4.78 is 5.11. The first-order valence-electron chi connectivity index (χ1n) is 5.64. The number of hydrogen-bond acceptors (Lipinski definition) is 3. The zero-order chi connectivity index (χ0) is 11.4. The molecule has 0 unspecified atom stereocenters. The van der Waals surface area contributed by atoms with Gasteiger partial charge in [-0.2, -0.15) is 0 Å². The Morgan fingerprint density at radius 1 is 1.33 bits per heavy atom. The Bertz CT molecular complexity index is 208. The molecule has 1 heterocycles. The maximum atomic E-state index is 11.5. The molecule has 0 aromatic carbocycles. The maximum Gasteiger partial charge on any atom is 0.410 e. The van der Waals surface area contributed by atoms with E-state index in [0.29, 0.717) is 19.0 Å². The van der Waals surface area contributed by atoms with Crippen LogP contribution in [0.5, 0.6) is 0 Å².